The minimum absolute atomic E-state index is 0.00450. The molecule has 1 saturated heterocycles. The molecule has 110 valence electrons. The summed E-state index contributed by atoms with van der Waals surface area (Å²) in [6, 6.07) is 4.76. The van der Waals surface area contributed by atoms with Gasteiger partial charge in [0, 0.05) is 31.2 Å². The molecule has 2 heterocycles. The molecule has 1 aromatic rings. The highest BCUT2D eigenvalue weighted by Gasteiger charge is 2.65. The molecule has 1 N–H and O–H groups in total. The maximum absolute atomic E-state index is 6.41. The molecule has 1 aromatic carbocycles. The van der Waals surface area contributed by atoms with Crippen molar-refractivity contribution in [2.75, 3.05) is 20.8 Å². The van der Waals surface area contributed by atoms with Crippen LogP contribution in [0.1, 0.15) is 11.1 Å². The molecule has 1 unspecified atom stereocenters. The number of methoxy groups -OCH3 is 2. The van der Waals surface area contributed by atoms with E-state index in [1.165, 1.54) is 11.1 Å². The third-order valence-electron chi connectivity index (χ3n) is 5.85. The number of rotatable bonds is 2. The normalized spacial score (nSPS) is 40.9. The summed E-state index contributed by atoms with van der Waals surface area (Å²) in [5.74, 6) is 2.28. The number of ether oxygens (including phenoxy) is 3. The monoisotopic (exact) mass is 285 g/mol. The molecular weight excluding hydrogens is 266 g/mol. The van der Waals surface area contributed by atoms with Crippen LogP contribution in [0, 0.1) is 5.92 Å². The minimum atomic E-state index is 0.00450. The number of nitrogens with one attached hydrogen (secondary N) is 1. The third kappa shape index (κ3) is 1.21. The number of benzene rings is 1. The van der Waals surface area contributed by atoms with Gasteiger partial charge in [-0.2, -0.15) is 0 Å². The van der Waals surface area contributed by atoms with Crippen LogP contribution in [0.5, 0.6) is 11.5 Å². The Kier molecular flexibility index (Phi) is 2.19. The van der Waals surface area contributed by atoms with Crippen LogP contribution in [0.4, 0.5) is 0 Å². The fourth-order valence-corrected chi connectivity index (χ4v) is 5.02. The molecule has 0 amide bonds. The Balaban J connectivity index is 1.81. The van der Waals surface area contributed by atoms with Gasteiger partial charge in [0.05, 0.1) is 12.5 Å². The van der Waals surface area contributed by atoms with Crippen molar-refractivity contribution in [3.63, 3.8) is 0 Å². The fraction of sp³-hybridized carbons (Fsp3) is 0.529. The molecule has 2 aliphatic carbocycles. The largest absolute Gasteiger partial charge is 0.493 e. The molecule has 0 radical (unpaired) electrons. The zero-order valence-corrected chi connectivity index (χ0v) is 12.3. The second-order valence-electron chi connectivity index (χ2n) is 6.51. The van der Waals surface area contributed by atoms with Crippen LogP contribution in [-0.4, -0.2) is 39.0 Å². The van der Waals surface area contributed by atoms with Gasteiger partial charge in [-0.3, -0.25) is 0 Å². The maximum atomic E-state index is 6.41. The quantitative estimate of drug-likeness (QED) is 0.834. The second kappa shape index (κ2) is 3.81. The van der Waals surface area contributed by atoms with Crippen molar-refractivity contribution in [3.05, 3.63) is 35.4 Å². The average Bonchev–Trinajstić information content (AvgIpc) is 3.00. The van der Waals surface area contributed by atoms with Crippen molar-refractivity contribution in [1.29, 1.82) is 0 Å². The van der Waals surface area contributed by atoms with Gasteiger partial charge in [0.2, 0.25) is 0 Å². The summed E-state index contributed by atoms with van der Waals surface area (Å²) in [6.07, 6.45) is 5.63. The van der Waals surface area contributed by atoms with Crippen molar-refractivity contribution >= 4 is 0 Å². The highest BCUT2D eigenvalue weighted by Crippen LogP contribution is 2.60. The van der Waals surface area contributed by atoms with Crippen molar-refractivity contribution in [2.24, 2.45) is 5.92 Å². The van der Waals surface area contributed by atoms with E-state index in [-0.39, 0.29) is 17.6 Å². The van der Waals surface area contributed by atoms with Crippen molar-refractivity contribution in [2.45, 2.75) is 30.1 Å². The van der Waals surface area contributed by atoms with E-state index in [1.807, 2.05) is 6.07 Å². The summed E-state index contributed by atoms with van der Waals surface area (Å²) in [6.45, 7) is 0.963. The van der Waals surface area contributed by atoms with E-state index in [1.54, 1.807) is 14.2 Å². The third-order valence-corrected chi connectivity index (χ3v) is 5.85. The Labute approximate surface area is 124 Å². The lowest BCUT2D eigenvalue weighted by atomic mass is 9.59. The lowest BCUT2D eigenvalue weighted by molar-refractivity contribution is -0.00891. The number of hydrogen-bond donors (Lipinski definition) is 1. The van der Waals surface area contributed by atoms with Gasteiger partial charge in [-0.1, -0.05) is 18.2 Å². The van der Waals surface area contributed by atoms with E-state index >= 15 is 0 Å². The SMILES string of the molecule is COc1ccc2c3c1O[C@H]1[C@@H](OC)C=CC4[C@@H](C2)NC[C@@]341. The Morgan fingerprint density at radius 2 is 2.19 bits per heavy atom. The van der Waals surface area contributed by atoms with Crippen LogP contribution in [-0.2, 0) is 16.6 Å². The summed E-state index contributed by atoms with van der Waals surface area (Å²) in [5.41, 5.74) is 2.78. The van der Waals surface area contributed by atoms with E-state index in [9.17, 15) is 0 Å². The predicted octanol–water partition coefficient (Wildman–Crippen LogP) is 1.42. The summed E-state index contributed by atoms with van der Waals surface area (Å²) in [7, 11) is 3.47. The van der Waals surface area contributed by atoms with Gasteiger partial charge in [-0.05, 0) is 18.1 Å². The first-order valence-corrected chi connectivity index (χ1v) is 7.61. The van der Waals surface area contributed by atoms with E-state index in [0.29, 0.717) is 12.0 Å². The molecule has 2 aliphatic heterocycles. The molecule has 5 rings (SSSR count). The van der Waals surface area contributed by atoms with Crippen LogP contribution >= 0.6 is 0 Å². The summed E-state index contributed by atoms with van der Waals surface area (Å²) in [5, 5.41) is 3.72. The predicted molar refractivity (Wildman–Crippen MR) is 78.0 cm³/mol. The summed E-state index contributed by atoms with van der Waals surface area (Å²) in [4.78, 5) is 0. The van der Waals surface area contributed by atoms with Crippen molar-refractivity contribution in [3.8, 4) is 11.5 Å². The highest BCUT2D eigenvalue weighted by atomic mass is 16.6. The molecule has 5 atom stereocenters. The van der Waals surface area contributed by atoms with Crippen LogP contribution in [0.3, 0.4) is 0 Å². The maximum Gasteiger partial charge on any atom is 0.166 e. The second-order valence-corrected chi connectivity index (χ2v) is 6.51. The molecule has 4 aliphatic rings. The zero-order valence-electron chi connectivity index (χ0n) is 12.3. The lowest BCUT2D eigenvalue weighted by Gasteiger charge is -2.44. The van der Waals surface area contributed by atoms with Crippen molar-refractivity contribution < 1.29 is 14.2 Å². The molecule has 1 spiro atoms. The van der Waals surface area contributed by atoms with Gasteiger partial charge in [0.15, 0.2) is 11.5 Å². The number of hydrogen-bond acceptors (Lipinski definition) is 4. The molecule has 4 heteroatoms. The lowest BCUT2D eigenvalue weighted by Crippen LogP contribution is -2.55. The molecular formula is C17H19NO3. The zero-order chi connectivity index (χ0) is 14.2. The fourth-order valence-electron chi connectivity index (χ4n) is 5.02. The summed E-state index contributed by atoms with van der Waals surface area (Å²) < 4.78 is 17.6. The van der Waals surface area contributed by atoms with Gasteiger partial charge < -0.3 is 19.5 Å². The van der Waals surface area contributed by atoms with Crippen LogP contribution in [0.25, 0.3) is 0 Å². The first kappa shape index (κ1) is 12.1. The Bertz CT molecular complexity index is 656. The van der Waals surface area contributed by atoms with E-state index in [0.717, 1.165) is 24.5 Å². The Hall–Kier alpha value is -1.52. The van der Waals surface area contributed by atoms with Crippen LogP contribution in [0.15, 0.2) is 24.3 Å². The van der Waals surface area contributed by atoms with E-state index in [2.05, 4.69) is 23.5 Å². The molecule has 21 heavy (non-hydrogen) atoms. The van der Waals surface area contributed by atoms with Gasteiger partial charge in [0.25, 0.3) is 0 Å². The van der Waals surface area contributed by atoms with Crippen LogP contribution in [0.2, 0.25) is 0 Å². The van der Waals surface area contributed by atoms with E-state index in [4.69, 9.17) is 14.2 Å². The first-order chi connectivity index (χ1) is 10.3. The Morgan fingerprint density at radius 1 is 1.29 bits per heavy atom. The van der Waals surface area contributed by atoms with Crippen LogP contribution < -0.4 is 14.8 Å². The topological polar surface area (TPSA) is 39.7 Å². The van der Waals surface area contributed by atoms with Gasteiger partial charge in [-0.15, -0.1) is 0 Å². The smallest absolute Gasteiger partial charge is 0.166 e. The molecule has 2 bridgehead atoms. The van der Waals surface area contributed by atoms with Gasteiger partial charge in [-0.25, -0.2) is 0 Å². The molecule has 4 nitrogen and oxygen atoms in total. The molecule has 0 aromatic heterocycles. The molecule has 1 fully saturated rings. The van der Waals surface area contributed by atoms with Gasteiger partial charge >= 0.3 is 0 Å². The van der Waals surface area contributed by atoms with Gasteiger partial charge in [0.1, 0.15) is 12.2 Å². The Morgan fingerprint density at radius 3 is 3.00 bits per heavy atom. The average molecular weight is 285 g/mol. The minimum Gasteiger partial charge on any atom is -0.493 e. The standard InChI is InChI=1S/C17H19NO3/c1-19-12-5-3-9-7-11-10-4-6-13(20-2)16-17(10,8-18-11)14(9)15(12)21-16/h3-6,10-11,13,16,18H,7-8H2,1-2H3/t10?,11-,13+,16+,17+/m1/s1. The first-order valence-electron chi connectivity index (χ1n) is 7.61. The summed E-state index contributed by atoms with van der Waals surface area (Å²) >= 11 is 0. The molecule has 0 saturated carbocycles. The van der Waals surface area contributed by atoms with Crippen molar-refractivity contribution in [1.82, 2.24) is 5.32 Å². The van der Waals surface area contributed by atoms with E-state index < -0.39 is 0 Å². The highest BCUT2D eigenvalue weighted by molar-refractivity contribution is 5.63.